The maximum absolute atomic E-state index is 13.1. The van der Waals surface area contributed by atoms with Crippen LogP contribution in [0.4, 0.5) is 10.1 Å². The van der Waals surface area contributed by atoms with Gasteiger partial charge in [0.2, 0.25) is 5.91 Å². The Hall–Kier alpha value is -2.40. The average Bonchev–Trinajstić information content (AvgIpc) is 2.81. The Morgan fingerprint density at radius 3 is 2.38 bits per heavy atom. The minimum atomic E-state index is -0.260. The summed E-state index contributed by atoms with van der Waals surface area (Å²) in [5.74, 6) is 1.43. The molecular weight excluding hydrogens is 403 g/mol. The van der Waals surface area contributed by atoms with Gasteiger partial charge in [-0.1, -0.05) is 19.1 Å². The summed E-state index contributed by atoms with van der Waals surface area (Å²) in [7, 11) is 1.88. The molecule has 1 aliphatic heterocycles. The summed E-state index contributed by atoms with van der Waals surface area (Å²) in [5, 5.41) is 0. The van der Waals surface area contributed by atoms with Crippen molar-refractivity contribution >= 4 is 11.6 Å². The third kappa shape index (κ3) is 5.89. The molecule has 0 unspecified atom stereocenters. The molecule has 1 atom stereocenters. The maximum atomic E-state index is 13.1. The number of likely N-dealkylation sites (tertiary alicyclic amines) is 1. The maximum Gasteiger partial charge on any atom is 0.229 e. The Bertz CT molecular complexity index is 876. The number of piperidine rings is 1. The first-order valence-electron chi connectivity index (χ1n) is 12.0. The van der Waals surface area contributed by atoms with E-state index in [4.69, 9.17) is 4.74 Å². The predicted octanol–water partition coefficient (Wildman–Crippen LogP) is 5.66. The number of benzene rings is 2. The SMILES string of the molecule is C[C@@H]1CCCN(Cc2ccc(N(C)C(=O)C3CCC(Oc4ccc(F)cc4)CC3)cc2)C1. The molecule has 5 heteroatoms. The van der Waals surface area contributed by atoms with Gasteiger partial charge in [-0.3, -0.25) is 9.69 Å². The van der Waals surface area contributed by atoms with Crippen LogP contribution in [0.5, 0.6) is 5.75 Å². The highest BCUT2D eigenvalue weighted by atomic mass is 19.1. The van der Waals surface area contributed by atoms with Crippen molar-refractivity contribution in [1.82, 2.24) is 4.90 Å². The first-order chi connectivity index (χ1) is 15.5. The molecule has 0 bridgehead atoms. The number of amides is 1. The summed E-state index contributed by atoms with van der Waals surface area (Å²) in [6.45, 7) is 5.67. The Morgan fingerprint density at radius 1 is 1.03 bits per heavy atom. The van der Waals surface area contributed by atoms with E-state index < -0.39 is 0 Å². The van der Waals surface area contributed by atoms with Crippen molar-refractivity contribution in [3.8, 4) is 5.75 Å². The molecule has 4 rings (SSSR count). The van der Waals surface area contributed by atoms with Crippen LogP contribution in [0.15, 0.2) is 48.5 Å². The van der Waals surface area contributed by atoms with E-state index in [0.717, 1.165) is 43.8 Å². The van der Waals surface area contributed by atoms with Crippen LogP contribution in [0.3, 0.4) is 0 Å². The highest BCUT2D eigenvalue weighted by Crippen LogP contribution is 2.30. The summed E-state index contributed by atoms with van der Waals surface area (Å²) in [6.07, 6.45) is 6.03. The number of ether oxygens (including phenoxy) is 1. The smallest absolute Gasteiger partial charge is 0.229 e. The van der Waals surface area contributed by atoms with E-state index >= 15 is 0 Å². The molecule has 1 amide bonds. The topological polar surface area (TPSA) is 32.8 Å². The van der Waals surface area contributed by atoms with Crippen molar-refractivity contribution in [2.45, 2.75) is 58.1 Å². The largest absolute Gasteiger partial charge is 0.490 e. The van der Waals surface area contributed by atoms with E-state index in [1.165, 1.54) is 43.6 Å². The lowest BCUT2D eigenvalue weighted by molar-refractivity contribution is -0.123. The van der Waals surface area contributed by atoms with Gasteiger partial charge in [0.25, 0.3) is 0 Å². The van der Waals surface area contributed by atoms with Gasteiger partial charge in [-0.15, -0.1) is 0 Å². The second-order valence-corrected chi connectivity index (χ2v) is 9.59. The number of hydrogen-bond donors (Lipinski definition) is 0. The Labute approximate surface area is 191 Å². The molecule has 0 aromatic heterocycles. The van der Waals surface area contributed by atoms with Gasteiger partial charge < -0.3 is 9.64 Å². The first-order valence-corrected chi connectivity index (χ1v) is 12.0. The van der Waals surface area contributed by atoms with Crippen LogP contribution in [-0.4, -0.2) is 37.0 Å². The fourth-order valence-electron chi connectivity index (χ4n) is 5.05. The zero-order chi connectivity index (χ0) is 22.5. The third-order valence-electron chi connectivity index (χ3n) is 6.94. The summed E-state index contributed by atoms with van der Waals surface area (Å²) < 4.78 is 19.0. The molecule has 1 aliphatic carbocycles. The normalized spacial score (nSPS) is 24.2. The van der Waals surface area contributed by atoms with Crippen LogP contribution in [0.1, 0.15) is 51.0 Å². The van der Waals surface area contributed by atoms with E-state index in [1.54, 1.807) is 17.0 Å². The quantitative estimate of drug-likeness (QED) is 0.584. The Balaban J connectivity index is 1.26. The molecule has 0 radical (unpaired) electrons. The number of carbonyl (C=O) groups excluding carboxylic acids is 1. The lowest BCUT2D eigenvalue weighted by Gasteiger charge is -2.31. The predicted molar refractivity (Wildman–Crippen MR) is 126 cm³/mol. The van der Waals surface area contributed by atoms with Gasteiger partial charge in [0.15, 0.2) is 0 Å². The molecule has 1 saturated heterocycles. The monoisotopic (exact) mass is 438 g/mol. The molecule has 2 aromatic carbocycles. The summed E-state index contributed by atoms with van der Waals surface area (Å²) in [5.41, 5.74) is 2.26. The van der Waals surface area contributed by atoms with Crippen molar-refractivity contribution in [3.63, 3.8) is 0 Å². The van der Waals surface area contributed by atoms with Gasteiger partial charge in [0.1, 0.15) is 11.6 Å². The van der Waals surface area contributed by atoms with E-state index in [9.17, 15) is 9.18 Å². The highest BCUT2D eigenvalue weighted by Gasteiger charge is 2.29. The molecule has 4 nitrogen and oxygen atoms in total. The second-order valence-electron chi connectivity index (χ2n) is 9.59. The van der Waals surface area contributed by atoms with Crippen LogP contribution >= 0.6 is 0 Å². The van der Waals surface area contributed by atoms with Crippen LogP contribution in [-0.2, 0) is 11.3 Å². The van der Waals surface area contributed by atoms with Crippen molar-refractivity contribution in [1.29, 1.82) is 0 Å². The van der Waals surface area contributed by atoms with Gasteiger partial charge in [0.05, 0.1) is 6.10 Å². The molecule has 2 aliphatic rings. The van der Waals surface area contributed by atoms with Gasteiger partial charge in [-0.05, 0) is 92.9 Å². The zero-order valence-electron chi connectivity index (χ0n) is 19.3. The number of carbonyl (C=O) groups is 1. The molecule has 1 saturated carbocycles. The van der Waals surface area contributed by atoms with Crippen molar-refractivity contribution in [2.24, 2.45) is 11.8 Å². The summed E-state index contributed by atoms with van der Waals surface area (Å²) in [6, 6.07) is 14.6. The van der Waals surface area contributed by atoms with Crippen molar-refractivity contribution < 1.29 is 13.9 Å². The van der Waals surface area contributed by atoms with E-state index in [0.29, 0.717) is 5.75 Å². The van der Waals surface area contributed by atoms with Crippen LogP contribution < -0.4 is 9.64 Å². The molecule has 1 heterocycles. The first kappa shape index (κ1) is 22.8. The molecular formula is C27H35FN2O2. The highest BCUT2D eigenvalue weighted by molar-refractivity contribution is 5.94. The summed E-state index contributed by atoms with van der Waals surface area (Å²) >= 11 is 0. The Kier molecular flexibility index (Phi) is 7.46. The van der Waals surface area contributed by atoms with Gasteiger partial charge >= 0.3 is 0 Å². The molecule has 0 spiro atoms. The van der Waals surface area contributed by atoms with Crippen LogP contribution in [0.2, 0.25) is 0 Å². The number of nitrogens with zero attached hydrogens (tertiary/aromatic N) is 2. The second kappa shape index (κ2) is 10.5. The van der Waals surface area contributed by atoms with Crippen LogP contribution in [0, 0.1) is 17.7 Å². The number of hydrogen-bond acceptors (Lipinski definition) is 3. The fraction of sp³-hybridized carbons (Fsp3) is 0.519. The molecule has 2 aromatic rings. The molecule has 2 fully saturated rings. The molecule has 172 valence electrons. The van der Waals surface area contributed by atoms with Crippen molar-refractivity contribution in [3.05, 3.63) is 59.9 Å². The van der Waals surface area contributed by atoms with Crippen LogP contribution in [0.25, 0.3) is 0 Å². The minimum absolute atomic E-state index is 0.0302. The van der Waals surface area contributed by atoms with Gasteiger partial charge in [0, 0.05) is 31.7 Å². The average molecular weight is 439 g/mol. The van der Waals surface area contributed by atoms with Crippen molar-refractivity contribution in [2.75, 3.05) is 25.0 Å². The standard InChI is InChI=1S/C27H35FN2O2/c1-20-4-3-17-30(18-20)19-21-5-11-24(12-6-21)29(2)27(31)22-7-13-25(14-8-22)32-26-15-9-23(28)10-16-26/h5-6,9-12,15-16,20,22,25H,3-4,7-8,13-14,17-19H2,1-2H3/t20-,22?,25?/m1/s1. The zero-order valence-corrected chi connectivity index (χ0v) is 19.3. The van der Waals surface area contributed by atoms with Gasteiger partial charge in [-0.25, -0.2) is 4.39 Å². The van der Waals surface area contributed by atoms with E-state index in [2.05, 4.69) is 36.1 Å². The van der Waals surface area contributed by atoms with E-state index in [-0.39, 0.29) is 23.7 Å². The Morgan fingerprint density at radius 2 is 1.72 bits per heavy atom. The number of rotatable bonds is 6. The lowest BCUT2D eigenvalue weighted by Crippen LogP contribution is -2.36. The van der Waals surface area contributed by atoms with Gasteiger partial charge in [-0.2, -0.15) is 0 Å². The molecule has 32 heavy (non-hydrogen) atoms. The van der Waals surface area contributed by atoms with E-state index in [1.807, 2.05) is 7.05 Å². The third-order valence-corrected chi connectivity index (χ3v) is 6.94. The molecule has 0 N–H and O–H groups in total. The number of halogens is 1. The lowest BCUT2D eigenvalue weighted by atomic mass is 9.86. The summed E-state index contributed by atoms with van der Waals surface area (Å²) in [4.78, 5) is 17.4. The fourth-order valence-corrected chi connectivity index (χ4v) is 5.05. The number of anilines is 1. The minimum Gasteiger partial charge on any atom is -0.490 e.